The van der Waals surface area contributed by atoms with Crippen molar-refractivity contribution in [1.82, 2.24) is 10.2 Å². The Labute approximate surface area is 164 Å². The molecule has 4 rings (SSSR count). The van der Waals surface area contributed by atoms with Crippen LogP contribution in [0.3, 0.4) is 0 Å². The lowest BCUT2D eigenvalue weighted by Gasteiger charge is -2.48. The van der Waals surface area contributed by atoms with Gasteiger partial charge in [-0.25, -0.2) is 0 Å². The summed E-state index contributed by atoms with van der Waals surface area (Å²) in [7, 11) is 0. The number of rotatable bonds is 4. The van der Waals surface area contributed by atoms with Crippen molar-refractivity contribution in [1.29, 1.82) is 0 Å². The number of fused-ring (bicyclic) bond motifs is 1. The van der Waals surface area contributed by atoms with E-state index in [2.05, 4.69) is 5.32 Å². The maximum Gasteiger partial charge on any atom is 0.247 e. The molecule has 2 saturated carbocycles. The number of amides is 2. The monoisotopic (exact) mass is 394 g/mol. The van der Waals surface area contributed by atoms with Crippen molar-refractivity contribution >= 4 is 35.0 Å². The molecule has 1 N–H and O–H groups in total. The average Bonchev–Trinajstić information content (AvgIpc) is 3.07. The highest BCUT2D eigenvalue weighted by atomic mass is 35.5. The van der Waals surface area contributed by atoms with Crippen molar-refractivity contribution in [3.8, 4) is 0 Å². The quantitative estimate of drug-likeness (QED) is 0.764. The molecule has 3 fully saturated rings. The molecule has 140 valence electrons. The Hall–Kier alpha value is -1.26. The third-order valence-electron chi connectivity index (χ3n) is 6.15. The van der Waals surface area contributed by atoms with Gasteiger partial charge in [-0.2, -0.15) is 0 Å². The van der Waals surface area contributed by atoms with E-state index in [1.807, 2.05) is 6.07 Å². The molecule has 0 radical (unpaired) electrons. The lowest BCUT2D eigenvalue weighted by molar-refractivity contribution is -0.163. The van der Waals surface area contributed by atoms with Crippen molar-refractivity contribution < 1.29 is 9.59 Å². The molecule has 0 spiro atoms. The maximum absolute atomic E-state index is 13.2. The second-order valence-corrected chi connectivity index (χ2v) is 8.58. The summed E-state index contributed by atoms with van der Waals surface area (Å²) in [5.41, 5.74) is 0.742. The molecule has 1 heterocycles. The lowest BCUT2D eigenvalue weighted by atomic mass is 9.86. The molecule has 1 aromatic rings. The molecule has 2 aliphatic carbocycles. The van der Waals surface area contributed by atoms with Crippen LogP contribution in [-0.2, 0) is 9.59 Å². The molecular formula is C20H24Cl2N2O2. The number of β-lactam (4-membered cyclic amide) rings is 1. The molecule has 0 bridgehead atoms. The van der Waals surface area contributed by atoms with E-state index in [0.29, 0.717) is 10.0 Å². The fraction of sp³-hybridized carbons (Fsp3) is 0.600. The summed E-state index contributed by atoms with van der Waals surface area (Å²) in [6.07, 6.45) is 8.53. The molecule has 4 nitrogen and oxygen atoms in total. The normalized spacial score (nSPS) is 27.0. The van der Waals surface area contributed by atoms with Gasteiger partial charge in [0.2, 0.25) is 11.8 Å². The molecular weight excluding hydrogens is 371 g/mol. The first-order valence-electron chi connectivity index (χ1n) is 9.64. The first kappa shape index (κ1) is 18.1. The van der Waals surface area contributed by atoms with Gasteiger partial charge in [0, 0.05) is 12.1 Å². The first-order valence-corrected chi connectivity index (χ1v) is 10.4. The molecule has 3 aliphatic rings. The van der Waals surface area contributed by atoms with E-state index in [-0.39, 0.29) is 29.8 Å². The van der Waals surface area contributed by atoms with Crippen molar-refractivity contribution in [2.75, 3.05) is 0 Å². The topological polar surface area (TPSA) is 49.4 Å². The number of hydrogen-bond acceptors (Lipinski definition) is 2. The third-order valence-corrected chi connectivity index (χ3v) is 6.88. The largest absolute Gasteiger partial charge is 0.351 e. The summed E-state index contributed by atoms with van der Waals surface area (Å²) < 4.78 is 0. The number of likely N-dealkylation sites (tertiary alicyclic amines) is 1. The number of nitrogens with zero attached hydrogens (tertiary/aromatic N) is 1. The Morgan fingerprint density at radius 3 is 2.54 bits per heavy atom. The van der Waals surface area contributed by atoms with Crippen LogP contribution in [0.25, 0.3) is 0 Å². The van der Waals surface area contributed by atoms with Gasteiger partial charge in [0.25, 0.3) is 0 Å². The highest BCUT2D eigenvalue weighted by Gasteiger charge is 2.54. The highest BCUT2D eigenvalue weighted by Crippen LogP contribution is 2.45. The molecule has 1 aromatic carbocycles. The predicted molar refractivity (Wildman–Crippen MR) is 102 cm³/mol. The van der Waals surface area contributed by atoms with Crippen molar-refractivity contribution in [3.63, 3.8) is 0 Å². The Morgan fingerprint density at radius 2 is 1.81 bits per heavy atom. The maximum atomic E-state index is 13.2. The standard InChI is InChI=1S/C20H24Cl2N2O2/c21-15-10-9-12(11-16(15)22)18(19(25)23-13-5-2-1-3-6-13)24-17-8-4-7-14(17)20(24)26/h9-11,13-14,17-18H,1-8H2,(H,23,25)/t14-,17+,18?/m1/s1. The number of benzene rings is 1. The lowest BCUT2D eigenvalue weighted by Crippen LogP contribution is -2.62. The fourth-order valence-corrected chi connectivity index (χ4v) is 5.11. The Bertz CT molecular complexity index is 718. The third kappa shape index (κ3) is 3.22. The van der Waals surface area contributed by atoms with E-state index >= 15 is 0 Å². The summed E-state index contributed by atoms with van der Waals surface area (Å²) in [5, 5.41) is 4.06. The zero-order valence-corrected chi connectivity index (χ0v) is 16.2. The fourth-order valence-electron chi connectivity index (χ4n) is 4.80. The van der Waals surface area contributed by atoms with Crippen LogP contribution in [0.1, 0.15) is 63.0 Å². The molecule has 0 aromatic heterocycles. The minimum absolute atomic E-state index is 0.0889. The van der Waals surface area contributed by atoms with Crippen LogP contribution in [0.2, 0.25) is 10.0 Å². The summed E-state index contributed by atoms with van der Waals surface area (Å²) >= 11 is 12.3. The number of nitrogens with one attached hydrogen (secondary N) is 1. The SMILES string of the molecule is O=C(NC1CCCCC1)C(c1ccc(Cl)c(Cl)c1)N1C(=O)[C@@H]2CCC[C@@H]21. The van der Waals surface area contributed by atoms with E-state index in [9.17, 15) is 9.59 Å². The van der Waals surface area contributed by atoms with Crippen LogP contribution in [0, 0.1) is 5.92 Å². The van der Waals surface area contributed by atoms with Crippen LogP contribution in [0.15, 0.2) is 18.2 Å². The highest BCUT2D eigenvalue weighted by molar-refractivity contribution is 6.42. The van der Waals surface area contributed by atoms with E-state index in [4.69, 9.17) is 23.2 Å². The van der Waals surface area contributed by atoms with Gasteiger partial charge in [0.05, 0.1) is 16.0 Å². The molecule has 2 amide bonds. The number of carbonyl (C=O) groups is 2. The van der Waals surface area contributed by atoms with Gasteiger partial charge < -0.3 is 10.2 Å². The Balaban J connectivity index is 1.61. The Kier molecular flexibility index (Phi) is 5.15. The minimum Gasteiger partial charge on any atom is -0.351 e. The van der Waals surface area contributed by atoms with E-state index < -0.39 is 6.04 Å². The molecule has 3 atom stereocenters. The van der Waals surface area contributed by atoms with Crippen molar-refractivity contribution in [2.24, 2.45) is 5.92 Å². The summed E-state index contributed by atoms with van der Waals surface area (Å²) in [6, 6.07) is 5.02. The second-order valence-electron chi connectivity index (χ2n) is 7.77. The minimum atomic E-state index is -0.612. The van der Waals surface area contributed by atoms with Gasteiger partial charge in [-0.15, -0.1) is 0 Å². The van der Waals surface area contributed by atoms with E-state index in [1.165, 1.54) is 6.42 Å². The predicted octanol–water partition coefficient (Wildman–Crippen LogP) is 4.49. The first-order chi connectivity index (χ1) is 12.6. The van der Waals surface area contributed by atoms with Crippen LogP contribution in [0.5, 0.6) is 0 Å². The molecule has 1 aliphatic heterocycles. The van der Waals surface area contributed by atoms with E-state index in [1.54, 1.807) is 17.0 Å². The van der Waals surface area contributed by atoms with Gasteiger partial charge in [-0.3, -0.25) is 9.59 Å². The van der Waals surface area contributed by atoms with Gasteiger partial charge in [-0.05, 0) is 43.4 Å². The number of carbonyl (C=O) groups excluding carboxylic acids is 2. The van der Waals surface area contributed by atoms with Crippen LogP contribution in [-0.4, -0.2) is 28.8 Å². The Morgan fingerprint density at radius 1 is 1.04 bits per heavy atom. The molecule has 6 heteroatoms. The van der Waals surface area contributed by atoms with Crippen LogP contribution < -0.4 is 5.32 Å². The van der Waals surface area contributed by atoms with Gasteiger partial charge in [0.1, 0.15) is 6.04 Å². The number of halogens is 2. The average molecular weight is 395 g/mol. The van der Waals surface area contributed by atoms with Gasteiger partial charge >= 0.3 is 0 Å². The zero-order chi connectivity index (χ0) is 18.3. The van der Waals surface area contributed by atoms with Gasteiger partial charge in [0.15, 0.2) is 0 Å². The number of hydrogen-bond donors (Lipinski definition) is 1. The molecule has 26 heavy (non-hydrogen) atoms. The summed E-state index contributed by atoms with van der Waals surface area (Å²) in [5.74, 6) is 0.110. The summed E-state index contributed by atoms with van der Waals surface area (Å²) in [4.78, 5) is 27.7. The van der Waals surface area contributed by atoms with Crippen LogP contribution in [0.4, 0.5) is 0 Å². The van der Waals surface area contributed by atoms with Crippen molar-refractivity contribution in [3.05, 3.63) is 33.8 Å². The van der Waals surface area contributed by atoms with Gasteiger partial charge in [-0.1, -0.05) is 55.0 Å². The zero-order valence-electron chi connectivity index (χ0n) is 14.7. The molecule has 1 unspecified atom stereocenters. The van der Waals surface area contributed by atoms with Crippen LogP contribution >= 0.6 is 23.2 Å². The van der Waals surface area contributed by atoms with E-state index in [0.717, 1.165) is 50.5 Å². The molecule has 1 saturated heterocycles. The second kappa shape index (κ2) is 7.40. The van der Waals surface area contributed by atoms with Crippen molar-refractivity contribution in [2.45, 2.75) is 69.5 Å². The smallest absolute Gasteiger partial charge is 0.247 e. The summed E-state index contributed by atoms with van der Waals surface area (Å²) in [6.45, 7) is 0.